The van der Waals surface area contributed by atoms with Gasteiger partial charge < -0.3 is 14.9 Å². The number of rotatable bonds is 3. The van der Waals surface area contributed by atoms with Crippen LogP contribution in [0.5, 0.6) is 5.75 Å². The molecule has 2 heterocycles. The fourth-order valence-corrected chi connectivity index (χ4v) is 2.67. The maximum atomic E-state index is 12.2. The Morgan fingerprint density at radius 2 is 2.42 bits per heavy atom. The first-order chi connectivity index (χ1) is 9.08. The van der Waals surface area contributed by atoms with Crippen molar-refractivity contribution in [1.29, 1.82) is 0 Å². The third kappa shape index (κ3) is 3.44. The van der Waals surface area contributed by atoms with Gasteiger partial charge >= 0.3 is 0 Å². The number of amides is 1. The molecule has 1 aliphatic rings. The monoisotopic (exact) mass is 263 g/mol. The van der Waals surface area contributed by atoms with Crippen molar-refractivity contribution in [1.82, 2.24) is 14.8 Å². The summed E-state index contributed by atoms with van der Waals surface area (Å²) in [4.78, 5) is 20.0. The molecule has 1 saturated heterocycles. The third-order valence-electron chi connectivity index (χ3n) is 3.63. The number of aromatic nitrogens is 1. The summed E-state index contributed by atoms with van der Waals surface area (Å²) in [5, 5.41) is 9.66. The molecule has 5 nitrogen and oxygen atoms in total. The molecule has 104 valence electrons. The van der Waals surface area contributed by atoms with Crippen LogP contribution < -0.4 is 0 Å². The highest BCUT2D eigenvalue weighted by molar-refractivity contribution is 5.96. The molecule has 1 fully saturated rings. The summed E-state index contributed by atoms with van der Waals surface area (Å²) < 4.78 is 0. The van der Waals surface area contributed by atoms with Crippen molar-refractivity contribution in [2.45, 2.75) is 12.8 Å². The summed E-state index contributed by atoms with van der Waals surface area (Å²) in [5.74, 6) is 0.310. The predicted octanol–water partition coefficient (Wildman–Crippen LogP) is 1.20. The lowest BCUT2D eigenvalue weighted by Crippen LogP contribution is -2.40. The smallest absolute Gasteiger partial charge is 0.257 e. The minimum absolute atomic E-state index is 0.0555. The van der Waals surface area contributed by atoms with E-state index in [1.165, 1.54) is 18.8 Å². The lowest BCUT2D eigenvalue weighted by molar-refractivity contribution is 0.0737. The van der Waals surface area contributed by atoms with Gasteiger partial charge in [-0.3, -0.25) is 9.78 Å². The Hall–Kier alpha value is -1.62. The van der Waals surface area contributed by atoms with Crippen LogP contribution in [0.25, 0.3) is 0 Å². The second-order valence-electron chi connectivity index (χ2n) is 5.35. The fourth-order valence-electron chi connectivity index (χ4n) is 2.67. The van der Waals surface area contributed by atoms with Gasteiger partial charge in [-0.25, -0.2) is 0 Å². The number of hydrogen-bond acceptors (Lipinski definition) is 4. The van der Waals surface area contributed by atoms with Crippen LogP contribution in [0.4, 0.5) is 0 Å². The van der Waals surface area contributed by atoms with Gasteiger partial charge in [0.05, 0.1) is 11.8 Å². The van der Waals surface area contributed by atoms with Gasteiger partial charge in [-0.15, -0.1) is 0 Å². The molecule has 0 bridgehead atoms. The SMILES string of the molecule is CN1CCCC(CN(C)C(=O)c2ccncc2O)C1. The first-order valence-electron chi connectivity index (χ1n) is 6.65. The molecule has 1 aromatic heterocycles. The number of pyridine rings is 1. The normalized spacial score (nSPS) is 20.2. The number of likely N-dealkylation sites (tertiary alicyclic amines) is 1. The average molecular weight is 263 g/mol. The van der Waals surface area contributed by atoms with E-state index in [1.807, 2.05) is 0 Å². The molecule has 1 aliphatic heterocycles. The van der Waals surface area contributed by atoms with Crippen LogP contribution in [0.3, 0.4) is 0 Å². The summed E-state index contributed by atoms with van der Waals surface area (Å²) >= 11 is 0. The highest BCUT2D eigenvalue weighted by atomic mass is 16.3. The number of piperidine rings is 1. The molecular weight excluding hydrogens is 242 g/mol. The van der Waals surface area contributed by atoms with Gasteiger partial charge in [0, 0.05) is 26.3 Å². The standard InChI is InChI=1S/C14H21N3O2/c1-16-7-3-4-11(9-16)10-17(2)14(19)12-5-6-15-8-13(12)18/h5-6,8,11,18H,3-4,7,9-10H2,1-2H3. The van der Waals surface area contributed by atoms with Crippen molar-refractivity contribution in [3.05, 3.63) is 24.0 Å². The number of aromatic hydroxyl groups is 1. The Balaban J connectivity index is 1.98. The highest BCUT2D eigenvalue weighted by Gasteiger charge is 2.22. The molecule has 19 heavy (non-hydrogen) atoms. The van der Waals surface area contributed by atoms with Crippen molar-refractivity contribution in [3.8, 4) is 5.75 Å². The van der Waals surface area contributed by atoms with Crippen LogP contribution in [0, 0.1) is 5.92 Å². The molecule has 5 heteroatoms. The minimum Gasteiger partial charge on any atom is -0.505 e. The molecule has 0 aliphatic carbocycles. The van der Waals surface area contributed by atoms with Gasteiger partial charge in [0.25, 0.3) is 5.91 Å². The molecular formula is C14H21N3O2. The maximum Gasteiger partial charge on any atom is 0.257 e. The van der Waals surface area contributed by atoms with Crippen LogP contribution in [0.2, 0.25) is 0 Å². The number of carbonyl (C=O) groups excluding carboxylic acids is 1. The third-order valence-corrected chi connectivity index (χ3v) is 3.63. The summed E-state index contributed by atoms with van der Waals surface area (Å²) in [5.41, 5.74) is 0.321. The van der Waals surface area contributed by atoms with Crippen molar-refractivity contribution < 1.29 is 9.90 Å². The molecule has 1 atom stereocenters. The van der Waals surface area contributed by atoms with Crippen LogP contribution >= 0.6 is 0 Å². The molecule has 0 aromatic carbocycles. The molecule has 1 aromatic rings. The lowest BCUT2D eigenvalue weighted by Gasteiger charge is -2.32. The van der Waals surface area contributed by atoms with E-state index < -0.39 is 0 Å². The zero-order chi connectivity index (χ0) is 13.8. The van der Waals surface area contributed by atoms with Crippen molar-refractivity contribution in [2.75, 3.05) is 33.7 Å². The van der Waals surface area contributed by atoms with E-state index >= 15 is 0 Å². The summed E-state index contributed by atoms with van der Waals surface area (Å²) in [7, 11) is 3.90. The summed E-state index contributed by atoms with van der Waals surface area (Å²) in [6, 6.07) is 1.56. The fraction of sp³-hybridized carbons (Fsp3) is 0.571. The largest absolute Gasteiger partial charge is 0.505 e. The van der Waals surface area contributed by atoms with Crippen LogP contribution in [-0.2, 0) is 0 Å². The maximum absolute atomic E-state index is 12.2. The second kappa shape index (κ2) is 6.02. The average Bonchev–Trinajstić information content (AvgIpc) is 2.38. The van der Waals surface area contributed by atoms with Crippen LogP contribution in [0.15, 0.2) is 18.5 Å². The summed E-state index contributed by atoms with van der Waals surface area (Å²) in [6.07, 6.45) is 5.17. The molecule has 0 saturated carbocycles. The topological polar surface area (TPSA) is 56.7 Å². The molecule has 0 spiro atoms. The second-order valence-corrected chi connectivity index (χ2v) is 5.35. The molecule has 1 amide bonds. The van der Waals surface area contributed by atoms with E-state index in [4.69, 9.17) is 0 Å². The Labute approximate surface area is 113 Å². The van der Waals surface area contributed by atoms with Crippen LogP contribution in [0.1, 0.15) is 23.2 Å². The van der Waals surface area contributed by atoms with E-state index in [0.29, 0.717) is 11.5 Å². The Kier molecular flexibility index (Phi) is 4.37. The lowest BCUT2D eigenvalue weighted by atomic mass is 9.98. The number of hydrogen-bond donors (Lipinski definition) is 1. The van der Waals surface area contributed by atoms with Crippen molar-refractivity contribution in [3.63, 3.8) is 0 Å². The van der Waals surface area contributed by atoms with E-state index in [1.54, 1.807) is 18.0 Å². The molecule has 1 unspecified atom stereocenters. The Bertz CT molecular complexity index is 450. The molecule has 2 rings (SSSR count). The van der Waals surface area contributed by atoms with Gasteiger partial charge in [-0.1, -0.05) is 0 Å². The Morgan fingerprint density at radius 3 is 3.11 bits per heavy atom. The first kappa shape index (κ1) is 13.8. The number of carbonyl (C=O) groups is 1. The van der Waals surface area contributed by atoms with E-state index in [2.05, 4.69) is 16.9 Å². The zero-order valence-corrected chi connectivity index (χ0v) is 11.5. The molecule has 1 N–H and O–H groups in total. The number of nitrogens with zero attached hydrogens (tertiary/aromatic N) is 3. The van der Waals surface area contributed by atoms with Crippen LogP contribution in [-0.4, -0.2) is 59.5 Å². The van der Waals surface area contributed by atoms with Gasteiger partial charge in [0.2, 0.25) is 0 Å². The van der Waals surface area contributed by atoms with Gasteiger partial charge in [-0.2, -0.15) is 0 Å². The Morgan fingerprint density at radius 1 is 1.63 bits per heavy atom. The highest BCUT2D eigenvalue weighted by Crippen LogP contribution is 2.19. The van der Waals surface area contributed by atoms with Gasteiger partial charge in [0.15, 0.2) is 0 Å². The molecule has 0 radical (unpaired) electrons. The minimum atomic E-state index is -0.145. The quantitative estimate of drug-likeness (QED) is 0.890. The van der Waals surface area contributed by atoms with Gasteiger partial charge in [-0.05, 0) is 38.4 Å². The zero-order valence-electron chi connectivity index (χ0n) is 11.5. The van der Waals surface area contributed by atoms with Crippen molar-refractivity contribution >= 4 is 5.91 Å². The van der Waals surface area contributed by atoms with Gasteiger partial charge in [0.1, 0.15) is 5.75 Å². The summed E-state index contributed by atoms with van der Waals surface area (Å²) in [6.45, 7) is 2.89. The predicted molar refractivity (Wildman–Crippen MR) is 73.1 cm³/mol. The first-order valence-corrected chi connectivity index (χ1v) is 6.65. The van der Waals surface area contributed by atoms with E-state index in [9.17, 15) is 9.90 Å². The van der Waals surface area contributed by atoms with E-state index in [-0.39, 0.29) is 11.7 Å². The van der Waals surface area contributed by atoms with E-state index in [0.717, 1.165) is 26.1 Å². The van der Waals surface area contributed by atoms with Crippen molar-refractivity contribution in [2.24, 2.45) is 5.92 Å².